The van der Waals surface area contributed by atoms with E-state index in [-0.39, 0.29) is 17.9 Å². The van der Waals surface area contributed by atoms with Crippen molar-refractivity contribution < 1.29 is 13.5 Å². The van der Waals surface area contributed by atoms with Crippen LogP contribution in [-0.4, -0.2) is 59.1 Å². The zero-order valence-electron chi connectivity index (χ0n) is 22.2. The van der Waals surface area contributed by atoms with Gasteiger partial charge in [-0.2, -0.15) is 5.10 Å². The molecule has 1 saturated carbocycles. The smallest absolute Gasteiger partial charge is 0.148 e. The number of methoxy groups -OCH3 is 1. The highest BCUT2D eigenvalue weighted by atomic mass is 35.5. The van der Waals surface area contributed by atoms with Crippen molar-refractivity contribution in [3.63, 3.8) is 0 Å². The van der Waals surface area contributed by atoms with E-state index in [4.69, 9.17) is 26.4 Å². The van der Waals surface area contributed by atoms with Gasteiger partial charge in [0.2, 0.25) is 0 Å². The van der Waals surface area contributed by atoms with Crippen molar-refractivity contribution in [2.24, 2.45) is 0 Å². The standard InChI is InChI=1S/C29H35ClF2N5O/c1-18-14-23(5-7-26(18)30)37-29(34-19(2)35-37)20-8-11-36(12-9-20)28-17-22(33-10-13-38-3)16-25(28)24-6-4-21(31)15-27(24)32/h4-7,14-15,20,22,25,33H,8-13,16-17H2,1-3H3/t22?,25-/m1/s1. The second kappa shape index (κ2) is 11.8. The molecule has 2 aliphatic rings. The SMILES string of the molecule is COCCNC1C[C](N2CCC(c3nc(C)nn3-c3ccc(Cl)c(C)c3)CC2)[C@@H](c2ccc(F)cc2F)C1. The van der Waals surface area contributed by atoms with Crippen LogP contribution in [0.2, 0.25) is 5.02 Å². The summed E-state index contributed by atoms with van der Waals surface area (Å²) in [5, 5.41) is 8.98. The van der Waals surface area contributed by atoms with E-state index in [1.165, 1.54) is 12.1 Å². The van der Waals surface area contributed by atoms with E-state index in [1.54, 1.807) is 13.2 Å². The maximum Gasteiger partial charge on any atom is 0.148 e. The van der Waals surface area contributed by atoms with E-state index in [9.17, 15) is 8.78 Å². The molecule has 38 heavy (non-hydrogen) atoms. The van der Waals surface area contributed by atoms with Gasteiger partial charge in [0.05, 0.1) is 12.3 Å². The van der Waals surface area contributed by atoms with Crippen LogP contribution in [-0.2, 0) is 4.74 Å². The van der Waals surface area contributed by atoms with Gasteiger partial charge in [-0.15, -0.1) is 0 Å². The minimum atomic E-state index is -0.545. The predicted octanol–water partition coefficient (Wildman–Crippen LogP) is 5.71. The van der Waals surface area contributed by atoms with Gasteiger partial charge >= 0.3 is 0 Å². The van der Waals surface area contributed by atoms with Crippen LogP contribution in [0, 0.1) is 31.5 Å². The second-order valence-electron chi connectivity index (χ2n) is 10.4. The molecule has 3 aromatic rings. The third kappa shape index (κ3) is 5.78. The minimum Gasteiger partial charge on any atom is -0.383 e. The monoisotopic (exact) mass is 542 g/mol. The molecule has 0 bridgehead atoms. The number of benzene rings is 2. The highest BCUT2D eigenvalue weighted by Gasteiger charge is 2.42. The van der Waals surface area contributed by atoms with Crippen molar-refractivity contribution in [2.75, 3.05) is 33.4 Å². The Kier molecular flexibility index (Phi) is 8.43. The number of hydrogen-bond acceptors (Lipinski definition) is 5. The minimum absolute atomic E-state index is 0.0739. The number of nitrogens with zero attached hydrogens (tertiary/aromatic N) is 4. The molecule has 0 spiro atoms. The van der Waals surface area contributed by atoms with Crippen LogP contribution in [0.25, 0.3) is 5.69 Å². The van der Waals surface area contributed by atoms with Gasteiger partial charge in [0.25, 0.3) is 0 Å². The van der Waals surface area contributed by atoms with Crippen molar-refractivity contribution >= 4 is 11.6 Å². The fraction of sp³-hybridized carbons (Fsp3) is 0.483. The van der Waals surface area contributed by atoms with Crippen molar-refractivity contribution in [3.05, 3.63) is 81.9 Å². The zero-order chi connectivity index (χ0) is 26.8. The molecule has 1 saturated heterocycles. The van der Waals surface area contributed by atoms with Crippen LogP contribution in [0.1, 0.15) is 60.3 Å². The number of aromatic nitrogens is 3. The summed E-state index contributed by atoms with van der Waals surface area (Å²) in [7, 11) is 1.69. The predicted molar refractivity (Wildman–Crippen MR) is 145 cm³/mol. The Morgan fingerprint density at radius 3 is 2.61 bits per heavy atom. The quantitative estimate of drug-likeness (QED) is 0.370. The van der Waals surface area contributed by atoms with Crippen LogP contribution >= 0.6 is 11.6 Å². The van der Waals surface area contributed by atoms with Gasteiger partial charge in [0.1, 0.15) is 23.3 Å². The molecule has 203 valence electrons. The third-order valence-corrected chi connectivity index (χ3v) is 8.27. The molecule has 1 radical (unpaired) electrons. The summed E-state index contributed by atoms with van der Waals surface area (Å²) in [6.45, 7) is 6.99. The molecular formula is C29H35ClF2N5O. The van der Waals surface area contributed by atoms with Gasteiger partial charge < -0.3 is 10.1 Å². The molecule has 2 atom stereocenters. The van der Waals surface area contributed by atoms with Gasteiger partial charge in [0.15, 0.2) is 0 Å². The fourth-order valence-corrected chi connectivity index (χ4v) is 6.05. The normalized spacial score (nSPS) is 21.4. The largest absolute Gasteiger partial charge is 0.383 e. The highest BCUT2D eigenvalue weighted by Crippen LogP contribution is 2.46. The molecule has 6 nitrogen and oxygen atoms in total. The van der Waals surface area contributed by atoms with E-state index in [1.807, 2.05) is 36.7 Å². The van der Waals surface area contributed by atoms with Crippen LogP contribution < -0.4 is 5.32 Å². The summed E-state index contributed by atoms with van der Waals surface area (Å²) in [4.78, 5) is 7.23. The molecule has 1 aliphatic heterocycles. The van der Waals surface area contributed by atoms with E-state index < -0.39 is 11.6 Å². The first-order valence-electron chi connectivity index (χ1n) is 13.3. The van der Waals surface area contributed by atoms with Crippen LogP contribution in [0.15, 0.2) is 36.4 Å². The van der Waals surface area contributed by atoms with Gasteiger partial charge in [-0.25, -0.2) is 18.4 Å². The van der Waals surface area contributed by atoms with Crippen molar-refractivity contribution in [2.45, 2.75) is 57.4 Å². The first-order chi connectivity index (χ1) is 18.3. The maximum absolute atomic E-state index is 14.9. The van der Waals surface area contributed by atoms with E-state index >= 15 is 0 Å². The zero-order valence-corrected chi connectivity index (χ0v) is 22.9. The Hall–Kier alpha value is -2.39. The highest BCUT2D eigenvalue weighted by molar-refractivity contribution is 6.31. The summed E-state index contributed by atoms with van der Waals surface area (Å²) < 4.78 is 35.7. The number of aryl methyl sites for hydroxylation is 2. The second-order valence-corrected chi connectivity index (χ2v) is 10.8. The molecule has 0 amide bonds. The summed E-state index contributed by atoms with van der Waals surface area (Å²) in [5.74, 6) is 0.896. The lowest BCUT2D eigenvalue weighted by Gasteiger charge is -2.38. The Bertz CT molecular complexity index is 1260. The molecule has 1 unspecified atom stereocenters. The van der Waals surface area contributed by atoms with Crippen molar-refractivity contribution in [1.29, 1.82) is 0 Å². The molecule has 9 heteroatoms. The lowest BCUT2D eigenvalue weighted by atomic mass is 9.89. The molecule has 1 aromatic heterocycles. The van der Waals surface area contributed by atoms with E-state index in [2.05, 4.69) is 10.2 Å². The number of piperidine rings is 1. The Balaban J connectivity index is 1.33. The topological polar surface area (TPSA) is 55.2 Å². The third-order valence-electron chi connectivity index (χ3n) is 7.85. The Morgan fingerprint density at radius 2 is 1.89 bits per heavy atom. The Labute approximate surface area is 228 Å². The molecular weight excluding hydrogens is 508 g/mol. The van der Waals surface area contributed by atoms with Crippen molar-refractivity contribution in [1.82, 2.24) is 25.0 Å². The molecule has 5 rings (SSSR count). The molecule has 2 fully saturated rings. The van der Waals surface area contributed by atoms with Gasteiger partial charge in [0, 0.05) is 48.7 Å². The summed E-state index contributed by atoms with van der Waals surface area (Å²) in [5.41, 5.74) is 2.54. The first-order valence-corrected chi connectivity index (χ1v) is 13.7. The van der Waals surface area contributed by atoms with Crippen LogP contribution in [0.4, 0.5) is 8.78 Å². The number of ether oxygens (including phenoxy) is 1. The summed E-state index contributed by atoms with van der Waals surface area (Å²) in [6, 6.07) is 11.4. The van der Waals surface area contributed by atoms with Gasteiger partial charge in [-0.1, -0.05) is 17.7 Å². The number of likely N-dealkylation sites (tertiary alicyclic amines) is 1. The Morgan fingerprint density at radius 1 is 1.11 bits per heavy atom. The lowest BCUT2D eigenvalue weighted by Crippen LogP contribution is -2.38. The van der Waals surface area contributed by atoms with Gasteiger partial charge in [-0.3, -0.25) is 4.90 Å². The molecule has 1 aliphatic carbocycles. The van der Waals surface area contributed by atoms with Crippen molar-refractivity contribution in [3.8, 4) is 5.69 Å². The average molecular weight is 543 g/mol. The number of rotatable bonds is 8. The molecule has 2 aromatic carbocycles. The van der Waals surface area contributed by atoms with Crippen LogP contribution in [0.5, 0.6) is 0 Å². The number of halogens is 3. The number of hydrogen-bond donors (Lipinski definition) is 1. The lowest BCUT2D eigenvalue weighted by molar-refractivity contribution is 0.192. The fourth-order valence-electron chi connectivity index (χ4n) is 5.93. The average Bonchev–Trinajstić information content (AvgIpc) is 3.50. The van der Waals surface area contributed by atoms with Gasteiger partial charge in [-0.05, 0) is 88.0 Å². The first kappa shape index (κ1) is 27.2. The summed E-state index contributed by atoms with van der Waals surface area (Å²) in [6.07, 6.45) is 3.48. The summed E-state index contributed by atoms with van der Waals surface area (Å²) >= 11 is 6.25. The van der Waals surface area contributed by atoms with E-state index in [0.717, 1.165) is 79.3 Å². The molecule has 1 N–H and O–H groups in total. The maximum atomic E-state index is 14.9. The van der Waals surface area contributed by atoms with Crippen LogP contribution in [0.3, 0.4) is 0 Å². The molecule has 2 heterocycles. The van der Waals surface area contributed by atoms with E-state index in [0.29, 0.717) is 12.2 Å². The number of nitrogens with one attached hydrogen (secondary N) is 1.